The summed E-state index contributed by atoms with van der Waals surface area (Å²) in [5.41, 5.74) is 2.77. The number of nitrogens with zero attached hydrogens (tertiary/aromatic N) is 3. The van der Waals surface area contributed by atoms with E-state index in [0.717, 1.165) is 16.8 Å². The number of fused-ring (bicyclic) bond motifs is 1. The van der Waals surface area contributed by atoms with Crippen LogP contribution in [0.15, 0.2) is 36.9 Å². The van der Waals surface area contributed by atoms with Crippen molar-refractivity contribution in [2.24, 2.45) is 0 Å². The summed E-state index contributed by atoms with van der Waals surface area (Å²) >= 11 is 0. The molecule has 2 amide bonds. The van der Waals surface area contributed by atoms with Crippen LogP contribution in [0.2, 0.25) is 0 Å². The predicted octanol–water partition coefficient (Wildman–Crippen LogP) is 1.87. The van der Waals surface area contributed by atoms with Crippen LogP contribution in [0.4, 0.5) is 10.6 Å². The molecule has 0 saturated heterocycles. The summed E-state index contributed by atoms with van der Waals surface area (Å²) < 4.78 is 1.85. The van der Waals surface area contributed by atoms with E-state index in [4.69, 9.17) is 0 Å². The topological polar surface area (TPSA) is 87.1 Å². The van der Waals surface area contributed by atoms with Gasteiger partial charge in [-0.3, -0.25) is 10.4 Å². The number of rotatable bonds is 3. The van der Waals surface area contributed by atoms with Gasteiger partial charge in [-0.2, -0.15) is 5.10 Å². The highest BCUT2D eigenvalue weighted by Crippen LogP contribution is 2.20. The molecular formula is C13H14N6O. The predicted molar refractivity (Wildman–Crippen MR) is 75.5 cm³/mol. The standard InChI is InChI=1S/C13H14N6O/c1-2-14-13(20)18-11-8-19-4-3-9(5-12(19)17-11)10-6-15-16-7-10/h3-8H,2H2,1H3,(H,15,16)(H2,14,18,20). The zero-order valence-electron chi connectivity index (χ0n) is 10.9. The number of aromatic nitrogens is 4. The van der Waals surface area contributed by atoms with Crippen LogP contribution in [0.25, 0.3) is 16.8 Å². The van der Waals surface area contributed by atoms with E-state index >= 15 is 0 Å². The number of pyridine rings is 1. The van der Waals surface area contributed by atoms with Gasteiger partial charge >= 0.3 is 6.03 Å². The van der Waals surface area contributed by atoms with Crippen LogP contribution in [-0.4, -0.2) is 32.2 Å². The van der Waals surface area contributed by atoms with Crippen molar-refractivity contribution in [1.82, 2.24) is 24.9 Å². The van der Waals surface area contributed by atoms with E-state index in [0.29, 0.717) is 12.4 Å². The average molecular weight is 270 g/mol. The minimum absolute atomic E-state index is 0.258. The van der Waals surface area contributed by atoms with Gasteiger partial charge in [0.15, 0.2) is 5.82 Å². The molecule has 0 fully saturated rings. The second-order valence-corrected chi connectivity index (χ2v) is 4.28. The first kappa shape index (κ1) is 12.2. The highest BCUT2D eigenvalue weighted by molar-refractivity contribution is 5.88. The van der Waals surface area contributed by atoms with Gasteiger partial charge in [0.1, 0.15) is 5.65 Å². The van der Waals surface area contributed by atoms with Gasteiger partial charge in [0.25, 0.3) is 0 Å². The Bertz CT molecular complexity index is 730. The van der Waals surface area contributed by atoms with Crippen molar-refractivity contribution in [3.8, 4) is 11.1 Å². The number of aromatic amines is 1. The van der Waals surface area contributed by atoms with Gasteiger partial charge in [-0.15, -0.1) is 0 Å². The normalized spacial score (nSPS) is 10.7. The van der Waals surface area contributed by atoms with E-state index in [1.54, 1.807) is 12.4 Å². The number of carbonyl (C=O) groups excluding carboxylic acids is 1. The van der Waals surface area contributed by atoms with E-state index in [1.165, 1.54) is 0 Å². The number of H-pyrrole nitrogens is 1. The first-order chi connectivity index (χ1) is 9.76. The highest BCUT2D eigenvalue weighted by atomic mass is 16.2. The molecule has 3 aromatic heterocycles. The van der Waals surface area contributed by atoms with Gasteiger partial charge in [-0.05, 0) is 24.6 Å². The van der Waals surface area contributed by atoms with Crippen LogP contribution in [0.5, 0.6) is 0 Å². The third-order valence-electron chi connectivity index (χ3n) is 2.87. The summed E-state index contributed by atoms with van der Waals surface area (Å²) in [5, 5.41) is 12.1. The maximum absolute atomic E-state index is 11.5. The quantitative estimate of drug-likeness (QED) is 0.679. The number of anilines is 1. The molecule has 7 heteroatoms. The molecule has 0 aliphatic heterocycles. The number of hydrogen-bond donors (Lipinski definition) is 3. The molecule has 7 nitrogen and oxygen atoms in total. The maximum atomic E-state index is 11.5. The molecule has 0 bridgehead atoms. The van der Waals surface area contributed by atoms with Gasteiger partial charge in [0.05, 0.1) is 12.4 Å². The fourth-order valence-corrected chi connectivity index (χ4v) is 1.95. The molecule has 20 heavy (non-hydrogen) atoms. The third kappa shape index (κ3) is 2.33. The lowest BCUT2D eigenvalue weighted by Gasteiger charge is -2.00. The number of hydrogen-bond acceptors (Lipinski definition) is 3. The van der Waals surface area contributed by atoms with Crippen molar-refractivity contribution in [3.63, 3.8) is 0 Å². The van der Waals surface area contributed by atoms with Crippen LogP contribution in [-0.2, 0) is 0 Å². The van der Waals surface area contributed by atoms with Gasteiger partial charge in [0, 0.05) is 24.5 Å². The summed E-state index contributed by atoms with van der Waals surface area (Å²) in [4.78, 5) is 15.8. The number of imidazole rings is 1. The van der Waals surface area contributed by atoms with Crippen molar-refractivity contribution in [3.05, 3.63) is 36.9 Å². The van der Waals surface area contributed by atoms with Crippen LogP contribution >= 0.6 is 0 Å². The molecule has 0 aromatic carbocycles. The largest absolute Gasteiger partial charge is 0.338 e. The monoisotopic (exact) mass is 270 g/mol. The molecule has 3 aromatic rings. The molecule has 102 valence electrons. The Morgan fingerprint density at radius 1 is 1.45 bits per heavy atom. The Kier molecular flexibility index (Phi) is 3.08. The number of nitrogens with one attached hydrogen (secondary N) is 3. The maximum Gasteiger partial charge on any atom is 0.320 e. The molecule has 0 aliphatic carbocycles. The zero-order valence-corrected chi connectivity index (χ0v) is 10.9. The first-order valence-electron chi connectivity index (χ1n) is 6.29. The molecule has 3 rings (SSSR count). The van der Waals surface area contributed by atoms with Crippen molar-refractivity contribution in [1.29, 1.82) is 0 Å². The fraction of sp³-hybridized carbons (Fsp3) is 0.154. The van der Waals surface area contributed by atoms with E-state index in [2.05, 4.69) is 25.8 Å². The molecule has 0 spiro atoms. The molecule has 3 N–H and O–H groups in total. The van der Waals surface area contributed by atoms with Gasteiger partial charge in [-0.25, -0.2) is 9.78 Å². The lowest BCUT2D eigenvalue weighted by Crippen LogP contribution is -2.28. The van der Waals surface area contributed by atoms with Crippen molar-refractivity contribution in [2.75, 3.05) is 11.9 Å². The Labute approximate surface area is 115 Å². The lowest BCUT2D eigenvalue weighted by molar-refractivity contribution is 0.252. The van der Waals surface area contributed by atoms with E-state index in [9.17, 15) is 4.79 Å². The molecule has 3 heterocycles. The Morgan fingerprint density at radius 3 is 3.10 bits per heavy atom. The molecular weight excluding hydrogens is 256 g/mol. The Hall–Kier alpha value is -2.83. The van der Waals surface area contributed by atoms with Crippen LogP contribution < -0.4 is 10.6 Å². The van der Waals surface area contributed by atoms with E-state index < -0.39 is 0 Å². The first-order valence-corrected chi connectivity index (χ1v) is 6.29. The molecule has 0 radical (unpaired) electrons. The van der Waals surface area contributed by atoms with Crippen molar-refractivity contribution in [2.45, 2.75) is 6.92 Å². The van der Waals surface area contributed by atoms with Crippen molar-refractivity contribution < 1.29 is 4.79 Å². The number of amides is 2. The minimum Gasteiger partial charge on any atom is -0.338 e. The van der Waals surface area contributed by atoms with Gasteiger partial charge in [-0.1, -0.05) is 0 Å². The smallest absolute Gasteiger partial charge is 0.320 e. The van der Waals surface area contributed by atoms with Crippen molar-refractivity contribution >= 4 is 17.5 Å². The summed E-state index contributed by atoms with van der Waals surface area (Å²) in [6.07, 6.45) is 7.24. The summed E-state index contributed by atoms with van der Waals surface area (Å²) in [6, 6.07) is 3.65. The van der Waals surface area contributed by atoms with Gasteiger partial charge in [0.2, 0.25) is 0 Å². The lowest BCUT2D eigenvalue weighted by atomic mass is 10.1. The second kappa shape index (κ2) is 5.04. The van der Waals surface area contributed by atoms with Gasteiger partial charge < -0.3 is 9.72 Å². The molecule has 0 unspecified atom stereocenters. The minimum atomic E-state index is -0.258. The van der Waals surface area contributed by atoms with E-state index in [1.807, 2.05) is 35.9 Å². The Morgan fingerprint density at radius 2 is 2.35 bits per heavy atom. The Balaban J connectivity index is 1.89. The summed E-state index contributed by atoms with van der Waals surface area (Å²) in [6.45, 7) is 2.43. The fourth-order valence-electron chi connectivity index (χ4n) is 1.95. The molecule has 0 aliphatic rings. The highest BCUT2D eigenvalue weighted by Gasteiger charge is 2.06. The SMILES string of the molecule is CCNC(=O)Nc1cn2ccc(-c3cn[nH]c3)cc2n1. The van der Waals surface area contributed by atoms with E-state index in [-0.39, 0.29) is 6.03 Å². The summed E-state index contributed by atoms with van der Waals surface area (Å²) in [7, 11) is 0. The average Bonchev–Trinajstić information content (AvgIpc) is 3.06. The van der Waals surface area contributed by atoms with Crippen LogP contribution in [0.1, 0.15) is 6.92 Å². The number of urea groups is 1. The molecule has 0 atom stereocenters. The van der Waals surface area contributed by atoms with Crippen LogP contribution in [0.3, 0.4) is 0 Å². The van der Waals surface area contributed by atoms with Crippen LogP contribution in [0, 0.1) is 0 Å². The zero-order chi connectivity index (χ0) is 13.9. The third-order valence-corrected chi connectivity index (χ3v) is 2.87. The second-order valence-electron chi connectivity index (χ2n) is 4.28. The number of carbonyl (C=O) groups is 1. The summed E-state index contributed by atoms with van der Waals surface area (Å²) in [5.74, 6) is 0.514. The molecule has 0 saturated carbocycles.